The number of hydrogen-bond acceptors (Lipinski definition) is 3. The average Bonchev–Trinajstić information content (AvgIpc) is 2.35. The van der Waals surface area contributed by atoms with E-state index in [0.717, 1.165) is 5.82 Å². The number of aromatic nitrogens is 2. The van der Waals surface area contributed by atoms with E-state index in [1.165, 1.54) is 0 Å². The maximum Gasteiger partial charge on any atom is 0.127 e. The smallest absolute Gasteiger partial charge is 0.127 e. The van der Waals surface area contributed by atoms with E-state index in [-0.39, 0.29) is 11.5 Å². The first-order valence-corrected chi connectivity index (χ1v) is 4.40. The van der Waals surface area contributed by atoms with Crippen molar-refractivity contribution in [3.63, 3.8) is 0 Å². The highest BCUT2D eigenvalue weighted by Gasteiger charge is 2.27. The van der Waals surface area contributed by atoms with Crippen LogP contribution in [-0.4, -0.2) is 9.55 Å². The van der Waals surface area contributed by atoms with Crippen molar-refractivity contribution in [2.45, 2.75) is 26.8 Å². The quantitative estimate of drug-likeness (QED) is 0.529. The molecule has 0 aromatic carbocycles. The maximum atomic E-state index is 5.52. The van der Waals surface area contributed by atoms with Gasteiger partial charge in [-0.2, -0.15) is 0 Å². The van der Waals surface area contributed by atoms with Crippen LogP contribution in [-0.2, 0) is 7.05 Å². The van der Waals surface area contributed by atoms with Gasteiger partial charge >= 0.3 is 0 Å². The third-order valence-electron chi connectivity index (χ3n) is 2.15. The number of hydrogen-bond donors (Lipinski definition) is 2. The number of nitrogens with one attached hydrogen (secondary N) is 1. The zero-order valence-corrected chi connectivity index (χ0v) is 8.70. The predicted molar refractivity (Wildman–Crippen MR) is 52.7 cm³/mol. The second-order valence-corrected chi connectivity index (χ2v) is 4.36. The topological polar surface area (TPSA) is 55.9 Å². The van der Waals surface area contributed by atoms with Crippen LogP contribution in [0, 0.1) is 5.41 Å². The highest BCUT2D eigenvalue weighted by atomic mass is 15.3. The first-order valence-electron chi connectivity index (χ1n) is 4.40. The largest absolute Gasteiger partial charge is 0.337 e. The molecular formula is C9H18N4. The van der Waals surface area contributed by atoms with Crippen molar-refractivity contribution in [1.29, 1.82) is 0 Å². The standard InChI is InChI=1S/C9H18N4/c1-9(2,3)7(12-10)8-11-5-6-13(8)4/h5-7,12H,10H2,1-4H3. The Morgan fingerprint density at radius 1 is 1.54 bits per heavy atom. The number of imidazole rings is 1. The summed E-state index contributed by atoms with van der Waals surface area (Å²) in [5, 5.41) is 0. The summed E-state index contributed by atoms with van der Waals surface area (Å²) in [5.41, 5.74) is 2.87. The van der Waals surface area contributed by atoms with E-state index in [9.17, 15) is 0 Å². The first kappa shape index (κ1) is 10.2. The zero-order valence-electron chi connectivity index (χ0n) is 8.70. The minimum absolute atomic E-state index is 0.0634. The summed E-state index contributed by atoms with van der Waals surface area (Å²) in [6.07, 6.45) is 3.71. The zero-order chi connectivity index (χ0) is 10.1. The Balaban J connectivity index is 2.98. The minimum Gasteiger partial charge on any atom is -0.337 e. The third-order valence-corrected chi connectivity index (χ3v) is 2.15. The van der Waals surface area contributed by atoms with E-state index >= 15 is 0 Å². The van der Waals surface area contributed by atoms with Crippen LogP contribution in [0.3, 0.4) is 0 Å². The van der Waals surface area contributed by atoms with Crippen molar-refractivity contribution in [2.24, 2.45) is 18.3 Å². The summed E-state index contributed by atoms with van der Waals surface area (Å²) in [4.78, 5) is 4.27. The fraction of sp³-hybridized carbons (Fsp3) is 0.667. The molecule has 13 heavy (non-hydrogen) atoms. The number of nitrogens with zero attached hydrogens (tertiary/aromatic N) is 2. The van der Waals surface area contributed by atoms with Crippen LogP contribution >= 0.6 is 0 Å². The van der Waals surface area contributed by atoms with E-state index in [0.29, 0.717) is 0 Å². The summed E-state index contributed by atoms with van der Waals surface area (Å²) in [7, 11) is 1.97. The van der Waals surface area contributed by atoms with Crippen molar-refractivity contribution in [3.8, 4) is 0 Å². The Hall–Kier alpha value is -0.870. The molecule has 4 heteroatoms. The molecule has 0 amide bonds. The molecule has 1 rings (SSSR count). The van der Waals surface area contributed by atoms with Gasteiger partial charge in [-0.3, -0.25) is 5.84 Å². The molecule has 0 aliphatic rings. The number of nitrogens with two attached hydrogens (primary N) is 1. The van der Waals surface area contributed by atoms with E-state index in [4.69, 9.17) is 5.84 Å². The third kappa shape index (κ3) is 2.08. The Morgan fingerprint density at radius 3 is 2.46 bits per heavy atom. The molecule has 0 bridgehead atoms. The molecule has 0 saturated carbocycles. The molecule has 0 radical (unpaired) electrons. The van der Waals surface area contributed by atoms with Gasteiger partial charge in [0, 0.05) is 19.4 Å². The van der Waals surface area contributed by atoms with E-state index < -0.39 is 0 Å². The van der Waals surface area contributed by atoms with Crippen LogP contribution in [0.4, 0.5) is 0 Å². The molecule has 1 unspecified atom stereocenters. The highest BCUT2D eigenvalue weighted by molar-refractivity contribution is 5.02. The van der Waals surface area contributed by atoms with Crippen LogP contribution in [0.2, 0.25) is 0 Å². The Kier molecular flexibility index (Phi) is 2.73. The van der Waals surface area contributed by atoms with Gasteiger partial charge in [-0.15, -0.1) is 0 Å². The van der Waals surface area contributed by atoms with E-state index in [1.807, 2.05) is 17.8 Å². The lowest BCUT2D eigenvalue weighted by atomic mass is 9.86. The SMILES string of the molecule is Cn1ccnc1C(NN)C(C)(C)C. The van der Waals surface area contributed by atoms with Crippen molar-refractivity contribution in [1.82, 2.24) is 15.0 Å². The van der Waals surface area contributed by atoms with Crippen LogP contribution in [0.1, 0.15) is 32.6 Å². The summed E-state index contributed by atoms with van der Waals surface area (Å²) in [6, 6.07) is 0.0764. The van der Waals surface area contributed by atoms with Crippen LogP contribution in [0.25, 0.3) is 0 Å². The molecule has 3 N–H and O–H groups in total. The Morgan fingerprint density at radius 2 is 2.15 bits per heavy atom. The molecule has 4 nitrogen and oxygen atoms in total. The summed E-state index contributed by atoms with van der Waals surface area (Å²) < 4.78 is 1.98. The van der Waals surface area contributed by atoms with Crippen molar-refractivity contribution in [3.05, 3.63) is 18.2 Å². The maximum absolute atomic E-state index is 5.52. The fourth-order valence-corrected chi connectivity index (χ4v) is 1.37. The van der Waals surface area contributed by atoms with E-state index in [2.05, 4.69) is 31.2 Å². The Bertz CT molecular complexity index is 271. The van der Waals surface area contributed by atoms with Gasteiger partial charge in [-0.05, 0) is 5.41 Å². The molecule has 0 aliphatic heterocycles. The van der Waals surface area contributed by atoms with Crippen molar-refractivity contribution >= 4 is 0 Å². The van der Waals surface area contributed by atoms with Gasteiger partial charge in [-0.25, -0.2) is 10.4 Å². The molecule has 0 fully saturated rings. The molecule has 1 atom stereocenters. The minimum atomic E-state index is 0.0634. The average molecular weight is 182 g/mol. The van der Waals surface area contributed by atoms with Gasteiger partial charge in [0.25, 0.3) is 0 Å². The lowest BCUT2D eigenvalue weighted by Gasteiger charge is -2.29. The van der Waals surface area contributed by atoms with E-state index in [1.54, 1.807) is 6.20 Å². The normalized spacial score (nSPS) is 14.5. The molecule has 1 aromatic rings. The van der Waals surface area contributed by atoms with Gasteiger partial charge in [0.2, 0.25) is 0 Å². The molecule has 1 aromatic heterocycles. The van der Waals surface area contributed by atoms with Crippen molar-refractivity contribution < 1.29 is 0 Å². The van der Waals surface area contributed by atoms with Gasteiger partial charge < -0.3 is 4.57 Å². The highest BCUT2D eigenvalue weighted by Crippen LogP contribution is 2.30. The first-order chi connectivity index (χ1) is 5.96. The number of aryl methyl sites for hydroxylation is 1. The second-order valence-electron chi connectivity index (χ2n) is 4.36. The van der Waals surface area contributed by atoms with Gasteiger partial charge in [0.1, 0.15) is 5.82 Å². The van der Waals surface area contributed by atoms with Crippen LogP contribution < -0.4 is 11.3 Å². The summed E-state index contributed by atoms with van der Waals surface area (Å²) in [6.45, 7) is 6.39. The van der Waals surface area contributed by atoms with Gasteiger partial charge in [0.15, 0.2) is 0 Å². The monoisotopic (exact) mass is 182 g/mol. The molecule has 0 saturated heterocycles. The van der Waals surface area contributed by atoms with Crippen molar-refractivity contribution in [2.75, 3.05) is 0 Å². The van der Waals surface area contributed by atoms with Crippen LogP contribution in [0.15, 0.2) is 12.4 Å². The molecule has 0 aliphatic carbocycles. The van der Waals surface area contributed by atoms with Gasteiger partial charge in [-0.1, -0.05) is 20.8 Å². The van der Waals surface area contributed by atoms with Gasteiger partial charge in [0.05, 0.1) is 6.04 Å². The molecule has 1 heterocycles. The van der Waals surface area contributed by atoms with Crippen LogP contribution in [0.5, 0.6) is 0 Å². The molecular weight excluding hydrogens is 164 g/mol. The number of hydrazine groups is 1. The number of rotatable bonds is 2. The summed E-state index contributed by atoms with van der Waals surface area (Å²) >= 11 is 0. The fourth-order valence-electron chi connectivity index (χ4n) is 1.37. The Labute approximate surface area is 79.1 Å². The summed E-state index contributed by atoms with van der Waals surface area (Å²) in [5.74, 6) is 6.48. The molecule has 74 valence electrons. The molecule has 0 spiro atoms. The second kappa shape index (κ2) is 3.47. The lowest BCUT2D eigenvalue weighted by molar-refractivity contribution is 0.260. The predicted octanol–water partition coefficient (Wildman–Crippen LogP) is 0.971. The lowest BCUT2D eigenvalue weighted by Crippen LogP contribution is -2.38.